The molecule has 1 saturated carbocycles. The molecule has 2 unspecified atom stereocenters. The van der Waals surface area contributed by atoms with Crippen molar-refractivity contribution in [3.05, 3.63) is 0 Å². The zero-order valence-corrected chi connectivity index (χ0v) is 8.55. The molecule has 1 fully saturated rings. The molecular weight excluding hydrogens is 146 g/mol. The highest BCUT2D eigenvalue weighted by molar-refractivity contribution is 4.84. The van der Waals surface area contributed by atoms with Gasteiger partial charge < -0.3 is 5.73 Å². The number of nitrogens with two attached hydrogens (primary N) is 1. The molecule has 1 nitrogen and oxygen atoms in total. The molecule has 0 radical (unpaired) electrons. The molecule has 0 amide bonds. The van der Waals surface area contributed by atoms with Gasteiger partial charge in [0.2, 0.25) is 0 Å². The first-order valence-electron chi connectivity index (χ1n) is 5.53. The van der Waals surface area contributed by atoms with E-state index in [-0.39, 0.29) is 0 Å². The molecule has 1 heteroatoms. The largest absolute Gasteiger partial charge is 0.327 e. The lowest BCUT2D eigenvalue weighted by molar-refractivity contribution is 0.437. The first-order valence-corrected chi connectivity index (χ1v) is 5.53. The van der Waals surface area contributed by atoms with Crippen LogP contribution < -0.4 is 5.73 Å². The molecule has 1 rings (SSSR count). The van der Waals surface area contributed by atoms with Crippen LogP contribution >= 0.6 is 0 Å². The second kappa shape index (κ2) is 4.86. The van der Waals surface area contributed by atoms with Crippen molar-refractivity contribution in [2.75, 3.05) is 0 Å². The van der Waals surface area contributed by atoms with Crippen molar-refractivity contribution in [1.82, 2.24) is 0 Å². The SMILES string of the molecule is CCCCC1CC(CC)[C@@H](N)C1. The maximum atomic E-state index is 6.05. The van der Waals surface area contributed by atoms with E-state index in [0.717, 1.165) is 11.8 Å². The van der Waals surface area contributed by atoms with Crippen LogP contribution in [-0.2, 0) is 0 Å². The Kier molecular flexibility index (Phi) is 4.07. The minimum Gasteiger partial charge on any atom is -0.327 e. The van der Waals surface area contributed by atoms with Crippen LogP contribution in [0.25, 0.3) is 0 Å². The Bertz CT molecular complexity index is 122. The molecular formula is C11H23N. The summed E-state index contributed by atoms with van der Waals surface area (Å²) in [7, 11) is 0. The van der Waals surface area contributed by atoms with Crippen molar-refractivity contribution >= 4 is 0 Å². The lowest BCUT2D eigenvalue weighted by atomic mass is 9.98. The van der Waals surface area contributed by atoms with Gasteiger partial charge in [0, 0.05) is 6.04 Å². The number of unbranched alkanes of at least 4 members (excludes halogenated alkanes) is 1. The molecule has 0 aromatic carbocycles. The quantitative estimate of drug-likeness (QED) is 0.688. The Morgan fingerprint density at radius 2 is 2.00 bits per heavy atom. The van der Waals surface area contributed by atoms with E-state index in [2.05, 4.69) is 13.8 Å². The topological polar surface area (TPSA) is 26.0 Å². The molecule has 2 N–H and O–H groups in total. The van der Waals surface area contributed by atoms with Gasteiger partial charge in [-0.1, -0.05) is 39.5 Å². The van der Waals surface area contributed by atoms with Crippen molar-refractivity contribution in [1.29, 1.82) is 0 Å². The van der Waals surface area contributed by atoms with Crippen molar-refractivity contribution in [2.24, 2.45) is 17.6 Å². The van der Waals surface area contributed by atoms with Gasteiger partial charge in [0.1, 0.15) is 0 Å². The summed E-state index contributed by atoms with van der Waals surface area (Å²) in [6.45, 7) is 4.54. The summed E-state index contributed by atoms with van der Waals surface area (Å²) in [5.74, 6) is 1.77. The Hall–Kier alpha value is -0.0400. The Morgan fingerprint density at radius 3 is 2.50 bits per heavy atom. The van der Waals surface area contributed by atoms with E-state index in [1.807, 2.05) is 0 Å². The van der Waals surface area contributed by atoms with Gasteiger partial charge in [-0.25, -0.2) is 0 Å². The fraction of sp³-hybridized carbons (Fsp3) is 1.00. The molecule has 0 spiro atoms. The van der Waals surface area contributed by atoms with Crippen LogP contribution in [0.5, 0.6) is 0 Å². The van der Waals surface area contributed by atoms with Crippen LogP contribution in [0, 0.1) is 11.8 Å². The Labute approximate surface area is 76.7 Å². The average Bonchev–Trinajstić information content (AvgIpc) is 2.43. The average molecular weight is 169 g/mol. The van der Waals surface area contributed by atoms with Crippen molar-refractivity contribution in [2.45, 2.75) is 58.4 Å². The van der Waals surface area contributed by atoms with Crippen LogP contribution in [-0.4, -0.2) is 6.04 Å². The number of hydrogen-bond donors (Lipinski definition) is 1. The van der Waals surface area contributed by atoms with Crippen LogP contribution in [0.3, 0.4) is 0 Å². The maximum Gasteiger partial charge on any atom is 0.00698 e. The number of hydrogen-bond acceptors (Lipinski definition) is 1. The predicted molar refractivity (Wildman–Crippen MR) is 54.0 cm³/mol. The third-order valence-corrected chi connectivity index (χ3v) is 3.34. The maximum absolute atomic E-state index is 6.05. The molecule has 0 aromatic rings. The number of rotatable bonds is 4. The molecule has 0 bridgehead atoms. The van der Waals surface area contributed by atoms with Crippen molar-refractivity contribution < 1.29 is 0 Å². The van der Waals surface area contributed by atoms with Crippen LogP contribution in [0.2, 0.25) is 0 Å². The summed E-state index contributed by atoms with van der Waals surface area (Å²) >= 11 is 0. The Balaban J connectivity index is 2.23. The van der Waals surface area contributed by atoms with Gasteiger partial charge in [-0.3, -0.25) is 0 Å². The normalized spacial score (nSPS) is 35.8. The van der Waals surface area contributed by atoms with Gasteiger partial charge in [0.25, 0.3) is 0 Å². The highest BCUT2D eigenvalue weighted by Crippen LogP contribution is 2.34. The monoisotopic (exact) mass is 169 g/mol. The minimum absolute atomic E-state index is 0.511. The molecule has 1 aliphatic rings. The molecule has 12 heavy (non-hydrogen) atoms. The van der Waals surface area contributed by atoms with E-state index in [0.29, 0.717) is 6.04 Å². The smallest absolute Gasteiger partial charge is 0.00698 e. The lowest BCUT2D eigenvalue weighted by Gasteiger charge is -2.10. The molecule has 1 aliphatic carbocycles. The summed E-state index contributed by atoms with van der Waals surface area (Å²) in [6, 6.07) is 0.511. The van der Waals surface area contributed by atoms with Crippen molar-refractivity contribution in [3.8, 4) is 0 Å². The summed E-state index contributed by atoms with van der Waals surface area (Å²) < 4.78 is 0. The molecule has 0 aliphatic heterocycles. The zero-order valence-electron chi connectivity index (χ0n) is 8.55. The molecule has 72 valence electrons. The van der Waals surface area contributed by atoms with Crippen LogP contribution in [0.15, 0.2) is 0 Å². The lowest BCUT2D eigenvalue weighted by Crippen LogP contribution is -2.23. The molecule has 0 heterocycles. The summed E-state index contributed by atoms with van der Waals surface area (Å²) in [5.41, 5.74) is 6.05. The van der Waals surface area contributed by atoms with Gasteiger partial charge in [-0.2, -0.15) is 0 Å². The second-order valence-corrected chi connectivity index (χ2v) is 4.31. The fourth-order valence-electron chi connectivity index (χ4n) is 2.47. The van der Waals surface area contributed by atoms with E-state index >= 15 is 0 Å². The molecule has 0 saturated heterocycles. The summed E-state index contributed by atoms with van der Waals surface area (Å²) in [5, 5.41) is 0. The highest BCUT2D eigenvalue weighted by atomic mass is 14.7. The van der Waals surface area contributed by atoms with Crippen LogP contribution in [0.4, 0.5) is 0 Å². The fourth-order valence-corrected chi connectivity index (χ4v) is 2.47. The third kappa shape index (κ3) is 2.48. The second-order valence-electron chi connectivity index (χ2n) is 4.31. The van der Waals surface area contributed by atoms with Gasteiger partial charge >= 0.3 is 0 Å². The van der Waals surface area contributed by atoms with Crippen molar-refractivity contribution in [3.63, 3.8) is 0 Å². The van der Waals surface area contributed by atoms with Gasteiger partial charge in [-0.15, -0.1) is 0 Å². The van der Waals surface area contributed by atoms with Gasteiger partial charge in [0.05, 0.1) is 0 Å². The summed E-state index contributed by atoms with van der Waals surface area (Å²) in [4.78, 5) is 0. The molecule has 3 atom stereocenters. The molecule has 0 aromatic heterocycles. The van der Waals surface area contributed by atoms with Gasteiger partial charge in [-0.05, 0) is 24.7 Å². The van der Waals surface area contributed by atoms with Crippen LogP contribution in [0.1, 0.15) is 52.4 Å². The van der Waals surface area contributed by atoms with E-state index in [1.54, 1.807) is 0 Å². The first-order chi connectivity index (χ1) is 5.77. The minimum atomic E-state index is 0.511. The van der Waals surface area contributed by atoms with E-state index in [4.69, 9.17) is 5.73 Å². The zero-order chi connectivity index (χ0) is 8.97. The first kappa shape index (κ1) is 10.0. The highest BCUT2D eigenvalue weighted by Gasteiger charge is 2.29. The Morgan fingerprint density at radius 1 is 1.25 bits per heavy atom. The standard InChI is InChI=1S/C11H23N/c1-3-5-6-9-7-10(4-2)11(12)8-9/h9-11H,3-8,12H2,1-2H3/t9?,10?,11-/m0/s1. The third-order valence-electron chi connectivity index (χ3n) is 3.34. The summed E-state index contributed by atoms with van der Waals surface area (Å²) in [6.07, 6.45) is 8.12. The predicted octanol–water partition coefficient (Wildman–Crippen LogP) is 2.94. The van der Waals surface area contributed by atoms with E-state index in [9.17, 15) is 0 Å². The van der Waals surface area contributed by atoms with E-state index in [1.165, 1.54) is 38.5 Å². The van der Waals surface area contributed by atoms with E-state index < -0.39 is 0 Å². The van der Waals surface area contributed by atoms with Gasteiger partial charge in [0.15, 0.2) is 0 Å².